The van der Waals surface area contributed by atoms with Crippen molar-refractivity contribution in [3.63, 3.8) is 0 Å². The van der Waals surface area contributed by atoms with Gasteiger partial charge in [-0.1, -0.05) is 12.1 Å². The lowest BCUT2D eigenvalue weighted by molar-refractivity contribution is 0.0600. The summed E-state index contributed by atoms with van der Waals surface area (Å²) >= 11 is 0. The van der Waals surface area contributed by atoms with E-state index in [1.807, 2.05) is 12.1 Å². The second-order valence-corrected chi connectivity index (χ2v) is 4.56. The van der Waals surface area contributed by atoms with Crippen molar-refractivity contribution in [2.24, 2.45) is 5.92 Å². The normalized spacial score (nSPS) is 18.8. The van der Waals surface area contributed by atoms with E-state index in [-0.39, 0.29) is 5.97 Å². The van der Waals surface area contributed by atoms with Crippen molar-refractivity contribution in [1.29, 1.82) is 0 Å². The van der Waals surface area contributed by atoms with Crippen LogP contribution in [-0.4, -0.2) is 32.8 Å². The molecule has 1 aromatic carbocycles. The number of hydrogen-bond donors (Lipinski definition) is 1. The maximum absolute atomic E-state index is 11.3. The molecule has 4 nitrogen and oxygen atoms in total. The maximum Gasteiger partial charge on any atom is 0.337 e. The third kappa shape index (κ3) is 3.55. The second kappa shape index (κ2) is 6.52. The van der Waals surface area contributed by atoms with Crippen molar-refractivity contribution < 1.29 is 14.3 Å². The Morgan fingerprint density at radius 1 is 1.39 bits per heavy atom. The Morgan fingerprint density at radius 3 is 2.78 bits per heavy atom. The van der Waals surface area contributed by atoms with Crippen molar-refractivity contribution in [2.45, 2.75) is 13.0 Å². The molecular formula is C14H19NO3. The van der Waals surface area contributed by atoms with Crippen LogP contribution in [0.1, 0.15) is 22.3 Å². The molecule has 0 bridgehead atoms. The van der Waals surface area contributed by atoms with Gasteiger partial charge in [0.2, 0.25) is 0 Å². The molecule has 0 saturated carbocycles. The van der Waals surface area contributed by atoms with Crippen molar-refractivity contribution in [3.8, 4) is 0 Å². The van der Waals surface area contributed by atoms with E-state index >= 15 is 0 Å². The van der Waals surface area contributed by atoms with Crippen LogP contribution in [0.15, 0.2) is 24.3 Å². The summed E-state index contributed by atoms with van der Waals surface area (Å²) < 4.78 is 10.3. The lowest BCUT2D eigenvalue weighted by atomic mass is 10.1. The second-order valence-electron chi connectivity index (χ2n) is 4.56. The molecule has 1 aliphatic heterocycles. The zero-order valence-electron chi connectivity index (χ0n) is 10.6. The minimum atomic E-state index is -0.306. The first kappa shape index (κ1) is 13.1. The number of esters is 1. The molecule has 0 amide bonds. The summed E-state index contributed by atoms with van der Waals surface area (Å²) in [5.41, 5.74) is 1.65. The highest BCUT2D eigenvalue weighted by Crippen LogP contribution is 2.11. The van der Waals surface area contributed by atoms with E-state index in [9.17, 15) is 4.79 Å². The van der Waals surface area contributed by atoms with E-state index < -0.39 is 0 Å². The van der Waals surface area contributed by atoms with E-state index in [4.69, 9.17) is 4.74 Å². The molecule has 1 saturated heterocycles. The summed E-state index contributed by atoms with van der Waals surface area (Å²) in [4.78, 5) is 11.3. The molecule has 2 rings (SSSR count). The SMILES string of the molecule is COC(=O)c1ccc(COC[C@H]2CCNC2)cc1. The van der Waals surface area contributed by atoms with Crippen LogP contribution >= 0.6 is 0 Å². The van der Waals surface area contributed by atoms with Crippen LogP contribution in [-0.2, 0) is 16.1 Å². The van der Waals surface area contributed by atoms with Gasteiger partial charge in [0.05, 0.1) is 25.9 Å². The summed E-state index contributed by atoms with van der Waals surface area (Å²) in [5.74, 6) is 0.332. The van der Waals surface area contributed by atoms with Gasteiger partial charge in [-0.25, -0.2) is 4.79 Å². The number of ether oxygens (including phenoxy) is 2. The van der Waals surface area contributed by atoms with Crippen LogP contribution in [0.5, 0.6) is 0 Å². The minimum absolute atomic E-state index is 0.306. The number of benzene rings is 1. The van der Waals surface area contributed by atoms with E-state index in [1.54, 1.807) is 12.1 Å². The van der Waals surface area contributed by atoms with Gasteiger partial charge in [0.1, 0.15) is 0 Å². The fourth-order valence-electron chi connectivity index (χ4n) is 2.06. The van der Waals surface area contributed by atoms with E-state index in [0.717, 1.165) is 25.3 Å². The molecule has 0 spiro atoms. The Hall–Kier alpha value is -1.39. The Labute approximate surface area is 107 Å². The van der Waals surface area contributed by atoms with E-state index in [1.165, 1.54) is 13.5 Å². The molecule has 1 atom stereocenters. The van der Waals surface area contributed by atoms with Crippen LogP contribution < -0.4 is 5.32 Å². The van der Waals surface area contributed by atoms with Crippen LogP contribution in [0.3, 0.4) is 0 Å². The van der Waals surface area contributed by atoms with Gasteiger partial charge in [0.15, 0.2) is 0 Å². The topological polar surface area (TPSA) is 47.6 Å². The molecule has 1 aliphatic rings. The average Bonchev–Trinajstić information content (AvgIpc) is 2.92. The predicted octanol–water partition coefficient (Wildman–Crippen LogP) is 1.60. The lowest BCUT2D eigenvalue weighted by Crippen LogP contribution is -2.13. The Balaban J connectivity index is 1.77. The molecule has 1 aromatic rings. The van der Waals surface area contributed by atoms with Crippen LogP contribution in [0.25, 0.3) is 0 Å². The molecular weight excluding hydrogens is 230 g/mol. The summed E-state index contributed by atoms with van der Waals surface area (Å²) in [6.07, 6.45) is 1.20. The van der Waals surface area contributed by atoms with Gasteiger partial charge < -0.3 is 14.8 Å². The van der Waals surface area contributed by atoms with Crippen molar-refractivity contribution >= 4 is 5.97 Å². The lowest BCUT2D eigenvalue weighted by Gasteiger charge is -2.09. The van der Waals surface area contributed by atoms with Gasteiger partial charge in [-0.3, -0.25) is 0 Å². The van der Waals surface area contributed by atoms with Crippen molar-refractivity contribution in [3.05, 3.63) is 35.4 Å². The van der Waals surface area contributed by atoms with E-state index in [2.05, 4.69) is 10.1 Å². The first-order valence-electron chi connectivity index (χ1n) is 6.25. The molecule has 98 valence electrons. The standard InChI is InChI=1S/C14H19NO3/c1-17-14(16)13-4-2-11(3-5-13)9-18-10-12-6-7-15-8-12/h2-5,12,15H,6-10H2,1H3/t12-/m0/s1. The average molecular weight is 249 g/mol. The Kier molecular flexibility index (Phi) is 4.73. The molecule has 0 aliphatic carbocycles. The number of carbonyl (C=O) groups excluding carboxylic acids is 1. The number of methoxy groups -OCH3 is 1. The van der Waals surface area contributed by atoms with Gasteiger partial charge in [0.25, 0.3) is 0 Å². The summed E-state index contributed by atoms with van der Waals surface area (Å²) in [5, 5.41) is 3.32. The van der Waals surface area contributed by atoms with Crippen molar-refractivity contribution in [1.82, 2.24) is 5.32 Å². The van der Waals surface area contributed by atoms with Gasteiger partial charge in [-0.15, -0.1) is 0 Å². The van der Waals surface area contributed by atoms with E-state index in [0.29, 0.717) is 18.1 Å². The minimum Gasteiger partial charge on any atom is -0.465 e. The highest BCUT2D eigenvalue weighted by molar-refractivity contribution is 5.89. The summed E-state index contributed by atoms with van der Waals surface area (Å²) in [6.45, 7) is 3.55. The molecule has 0 unspecified atom stereocenters. The van der Waals surface area contributed by atoms with Gasteiger partial charge >= 0.3 is 5.97 Å². The maximum atomic E-state index is 11.3. The monoisotopic (exact) mass is 249 g/mol. The van der Waals surface area contributed by atoms with Crippen LogP contribution in [0.4, 0.5) is 0 Å². The first-order valence-corrected chi connectivity index (χ1v) is 6.25. The fourth-order valence-corrected chi connectivity index (χ4v) is 2.06. The summed E-state index contributed by atoms with van der Waals surface area (Å²) in [7, 11) is 1.38. The van der Waals surface area contributed by atoms with Gasteiger partial charge in [-0.2, -0.15) is 0 Å². The molecule has 18 heavy (non-hydrogen) atoms. The molecule has 0 aromatic heterocycles. The molecule has 1 fully saturated rings. The van der Waals surface area contributed by atoms with Gasteiger partial charge in [0, 0.05) is 6.54 Å². The van der Waals surface area contributed by atoms with Gasteiger partial charge in [-0.05, 0) is 36.6 Å². The number of hydrogen-bond acceptors (Lipinski definition) is 4. The highest BCUT2D eigenvalue weighted by atomic mass is 16.5. The zero-order chi connectivity index (χ0) is 12.8. The number of nitrogens with one attached hydrogen (secondary N) is 1. The van der Waals surface area contributed by atoms with Crippen molar-refractivity contribution in [2.75, 3.05) is 26.8 Å². The largest absolute Gasteiger partial charge is 0.465 e. The number of carbonyl (C=O) groups is 1. The number of rotatable bonds is 5. The third-order valence-corrected chi connectivity index (χ3v) is 3.16. The Morgan fingerprint density at radius 2 is 2.17 bits per heavy atom. The zero-order valence-corrected chi connectivity index (χ0v) is 10.6. The first-order chi connectivity index (χ1) is 8.79. The fraction of sp³-hybridized carbons (Fsp3) is 0.500. The van der Waals surface area contributed by atoms with Crippen LogP contribution in [0, 0.1) is 5.92 Å². The molecule has 0 radical (unpaired) electrons. The predicted molar refractivity (Wildman–Crippen MR) is 68.4 cm³/mol. The van der Waals surface area contributed by atoms with Crippen LogP contribution in [0.2, 0.25) is 0 Å². The molecule has 1 heterocycles. The molecule has 4 heteroatoms. The highest BCUT2D eigenvalue weighted by Gasteiger charge is 2.14. The molecule has 1 N–H and O–H groups in total. The third-order valence-electron chi connectivity index (χ3n) is 3.16. The Bertz CT molecular complexity index is 383. The quantitative estimate of drug-likeness (QED) is 0.805. The summed E-state index contributed by atoms with van der Waals surface area (Å²) in [6, 6.07) is 7.33. The smallest absolute Gasteiger partial charge is 0.337 e.